The Bertz CT molecular complexity index is 1360. The smallest absolute Gasteiger partial charge is 0.335 e. The highest BCUT2D eigenvalue weighted by Crippen LogP contribution is 2.26. The molecule has 30 heavy (non-hydrogen) atoms. The number of Topliss-reactive ketones (excluding diaryl/α,β-unsaturated/α-hetero) is 2. The van der Waals surface area contributed by atoms with Crippen LogP contribution in [0.1, 0.15) is 24.8 Å². The number of aliphatic hydroxyl groups excluding tert-OH is 1. The number of rotatable bonds is 2. The molecular weight excluding hydrogens is 408 g/mol. The number of ketones is 2. The number of carbonyl (C=O) groups is 2. The summed E-state index contributed by atoms with van der Waals surface area (Å²) in [4.78, 5) is 50.3. The number of nitrogens with zero attached hydrogens (tertiary/aromatic N) is 2. The van der Waals surface area contributed by atoms with E-state index >= 15 is 0 Å². The number of aliphatic hydroxyl groups is 1. The van der Waals surface area contributed by atoms with E-state index in [9.17, 15) is 24.3 Å². The van der Waals surface area contributed by atoms with Crippen molar-refractivity contribution in [2.24, 2.45) is 7.05 Å². The number of benzene rings is 2. The maximum absolute atomic E-state index is 13.2. The van der Waals surface area contributed by atoms with Crippen molar-refractivity contribution in [1.29, 1.82) is 0 Å². The zero-order valence-corrected chi connectivity index (χ0v) is 16.8. The van der Waals surface area contributed by atoms with Crippen LogP contribution in [-0.2, 0) is 16.6 Å². The first kappa shape index (κ1) is 19.8. The van der Waals surface area contributed by atoms with Crippen molar-refractivity contribution in [2.45, 2.75) is 19.3 Å². The van der Waals surface area contributed by atoms with Gasteiger partial charge >= 0.3 is 5.69 Å². The molecule has 4 rings (SSSR count). The Balaban J connectivity index is 2.02. The van der Waals surface area contributed by atoms with Gasteiger partial charge in [-0.05, 0) is 36.8 Å². The van der Waals surface area contributed by atoms with Gasteiger partial charge < -0.3 is 5.11 Å². The first-order chi connectivity index (χ1) is 14.3. The normalized spacial score (nSPS) is 14.4. The zero-order valence-electron chi connectivity index (χ0n) is 16.0. The van der Waals surface area contributed by atoms with E-state index in [1.807, 2.05) is 0 Å². The van der Waals surface area contributed by atoms with Gasteiger partial charge in [-0.3, -0.25) is 19.0 Å². The van der Waals surface area contributed by atoms with E-state index in [-0.39, 0.29) is 40.1 Å². The van der Waals surface area contributed by atoms with E-state index in [2.05, 4.69) is 0 Å². The molecule has 1 aliphatic carbocycles. The molecule has 1 N–H and O–H groups in total. The summed E-state index contributed by atoms with van der Waals surface area (Å²) in [6, 6.07) is 10.8. The molecule has 0 spiro atoms. The number of halogens is 1. The summed E-state index contributed by atoms with van der Waals surface area (Å²) in [7, 11) is 1.52. The third-order valence-corrected chi connectivity index (χ3v) is 5.56. The molecule has 1 aliphatic rings. The first-order valence-corrected chi connectivity index (χ1v) is 9.69. The highest BCUT2D eigenvalue weighted by atomic mass is 35.5. The van der Waals surface area contributed by atoms with E-state index in [4.69, 9.17) is 11.6 Å². The van der Waals surface area contributed by atoms with Gasteiger partial charge in [0.2, 0.25) is 0 Å². The minimum Gasteiger partial charge on any atom is -0.506 e. The predicted octanol–water partition coefficient (Wildman–Crippen LogP) is 2.93. The summed E-state index contributed by atoms with van der Waals surface area (Å²) >= 11 is 6.19. The van der Waals surface area contributed by atoms with Crippen LogP contribution in [-0.4, -0.2) is 25.8 Å². The maximum Gasteiger partial charge on any atom is 0.335 e. The average molecular weight is 425 g/mol. The van der Waals surface area contributed by atoms with E-state index in [0.717, 1.165) is 4.57 Å². The maximum atomic E-state index is 13.2. The molecule has 152 valence electrons. The molecule has 1 fully saturated rings. The molecule has 0 amide bonds. The molecule has 8 heteroatoms. The Morgan fingerprint density at radius 1 is 1.00 bits per heavy atom. The van der Waals surface area contributed by atoms with Crippen molar-refractivity contribution in [2.75, 3.05) is 0 Å². The SMILES string of the molecule is Cn1c(=O)n(-c2ccccc2Cl)c(=O)c2cc(C(O)=C3C(=O)CCCC3=O)ccc21. The molecule has 3 aromatic rings. The molecule has 0 aliphatic heterocycles. The highest BCUT2D eigenvalue weighted by molar-refractivity contribution is 6.32. The standard InChI is InChI=1S/C22H17ClN2O5/c1-24-15-10-9-12(20(28)19-17(26)7-4-8-18(19)27)11-13(15)21(29)25(22(24)30)16-6-3-2-5-14(16)23/h2-3,5-6,9-11,28H,4,7-8H2,1H3. The first-order valence-electron chi connectivity index (χ1n) is 9.32. The van der Waals surface area contributed by atoms with Crippen LogP contribution < -0.4 is 11.2 Å². The van der Waals surface area contributed by atoms with Gasteiger partial charge in [0.1, 0.15) is 11.3 Å². The van der Waals surface area contributed by atoms with Gasteiger partial charge in [-0.15, -0.1) is 0 Å². The molecule has 2 aromatic carbocycles. The van der Waals surface area contributed by atoms with Gasteiger partial charge in [0, 0.05) is 25.5 Å². The van der Waals surface area contributed by atoms with Gasteiger partial charge in [0.25, 0.3) is 5.56 Å². The Kier molecular flexibility index (Phi) is 4.91. The van der Waals surface area contributed by atoms with Crippen molar-refractivity contribution < 1.29 is 14.7 Å². The van der Waals surface area contributed by atoms with Crippen LogP contribution in [0.4, 0.5) is 0 Å². The second-order valence-electron chi connectivity index (χ2n) is 7.09. The van der Waals surface area contributed by atoms with Crippen LogP contribution >= 0.6 is 11.6 Å². The lowest BCUT2D eigenvalue weighted by Gasteiger charge is -2.15. The molecular formula is C22H17ClN2O5. The van der Waals surface area contributed by atoms with Gasteiger partial charge in [-0.1, -0.05) is 23.7 Å². The van der Waals surface area contributed by atoms with Crippen LogP contribution in [0.25, 0.3) is 22.3 Å². The van der Waals surface area contributed by atoms with E-state index in [1.54, 1.807) is 24.3 Å². The quantitative estimate of drug-likeness (QED) is 0.387. The third-order valence-electron chi connectivity index (χ3n) is 5.24. The lowest BCUT2D eigenvalue weighted by molar-refractivity contribution is -0.123. The second-order valence-corrected chi connectivity index (χ2v) is 7.50. The lowest BCUT2D eigenvalue weighted by atomic mass is 9.89. The number of aryl methyl sites for hydroxylation is 1. The van der Waals surface area contributed by atoms with E-state index in [1.165, 1.54) is 29.8 Å². The number of hydrogen-bond acceptors (Lipinski definition) is 5. The molecule has 0 unspecified atom stereocenters. The second kappa shape index (κ2) is 7.42. The molecule has 7 nitrogen and oxygen atoms in total. The summed E-state index contributed by atoms with van der Waals surface area (Å²) in [5, 5.41) is 11.0. The fourth-order valence-electron chi connectivity index (χ4n) is 3.68. The fourth-order valence-corrected chi connectivity index (χ4v) is 3.90. The summed E-state index contributed by atoms with van der Waals surface area (Å²) in [5.41, 5.74) is -0.705. The Morgan fingerprint density at radius 3 is 2.33 bits per heavy atom. The summed E-state index contributed by atoms with van der Waals surface area (Å²) in [6.45, 7) is 0. The summed E-state index contributed by atoms with van der Waals surface area (Å²) in [5.74, 6) is -1.29. The molecule has 1 aromatic heterocycles. The molecule has 0 bridgehead atoms. The Morgan fingerprint density at radius 2 is 1.67 bits per heavy atom. The Labute approximate surface area is 175 Å². The number of carbonyl (C=O) groups excluding carboxylic acids is 2. The molecule has 0 atom stereocenters. The van der Waals surface area contributed by atoms with Crippen molar-refractivity contribution in [1.82, 2.24) is 9.13 Å². The van der Waals surface area contributed by atoms with Gasteiger partial charge in [-0.2, -0.15) is 0 Å². The van der Waals surface area contributed by atoms with Crippen LogP contribution in [0.15, 0.2) is 57.6 Å². The third kappa shape index (κ3) is 3.07. The monoisotopic (exact) mass is 424 g/mol. The van der Waals surface area contributed by atoms with Crippen LogP contribution in [0.5, 0.6) is 0 Å². The van der Waals surface area contributed by atoms with Crippen molar-refractivity contribution >= 4 is 39.8 Å². The van der Waals surface area contributed by atoms with Gasteiger partial charge in [-0.25, -0.2) is 9.36 Å². The largest absolute Gasteiger partial charge is 0.506 e. The minimum atomic E-state index is -0.623. The fraction of sp³-hybridized carbons (Fsp3) is 0.182. The number of para-hydroxylation sites is 1. The predicted molar refractivity (Wildman–Crippen MR) is 113 cm³/mol. The molecule has 0 radical (unpaired) electrons. The molecule has 1 saturated carbocycles. The number of hydrogen-bond donors (Lipinski definition) is 1. The van der Waals surface area contributed by atoms with Gasteiger partial charge in [0.15, 0.2) is 11.6 Å². The number of fused-ring (bicyclic) bond motifs is 1. The van der Waals surface area contributed by atoms with Crippen LogP contribution in [0, 0.1) is 0 Å². The van der Waals surface area contributed by atoms with E-state index < -0.39 is 28.6 Å². The lowest BCUT2D eigenvalue weighted by Crippen LogP contribution is -2.38. The summed E-state index contributed by atoms with van der Waals surface area (Å²) < 4.78 is 2.25. The highest BCUT2D eigenvalue weighted by Gasteiger charge is 2.28. The van der Waals surface area contributed by atoms with Gasteiger partial charge in [0.05, 0.1) is 21.6 Å². The van der Waals surface area contributed by atoms with E-state index in [0.29, 0.717) is 11.9 Å². The minimum absolute atomic E-state index is 0.136. The van der Waals surface area contributed by atoms with Crippen LogP contribution in [0.2, 0.25) is 5.02 Å². The van der Waals surface area contributed by atoms with Crippen molar-refractivity contribution in [3.05, 3.63) is 79.5 Å². The summed E-state index contributed by atoms with van der Waals surface area (Å²) in [6.07, 6.45) is 0.829. The zero-order chi connectivity index (χ0) is 21.6. The topological polar surface area (TPSA) is 98.4 Å². The number of aromatic nitrogens is 2. The van der Waals surface area contributed by atoms with Crippen LogP contribution in [0.3, 0.4) is 0 Å². The molecule has 0 saturated heterocycles. The Hall–Kier alpha value is -3.45. The van der Waals surface area contributed by atoms with Crippen molar-refractivity contribution in [3.63, 3.8) is 0 Å². The van der Waals surface area contributed by atoms with Crippen molar-refractivity contribution in [3.8, 4) is 5.69 Å². The number of allylic oxidation sites excluding steroid dienone is 1. The molecule has 1 heterocycles. The average Bonchev–Trinajstić information content (AvgIpc) is 2.73.